The number of carbonyl (C=O) groups excluding carboxylic acids is 6. The number of anilines is 2. The fourth-order valence-electron chi connectivity index (χ4n) is 8.69. The van der Waals surface area contributed by atoms with Crippen molar-refractivity contribution >= 4 is 69.3 Å². The lowest BCUT2D eigenvalue weighted by Gasteiger charge is -2.34. The molecule has 2 aromatic carbocycles. The van der Waals surface area contributed by atoms with E-state index >= 15 is 0 Å². The SMILES string of the molecule is CCn1nc(C)cc1C(=O)Nc1nc2cc(C(N)=O)cc(OC)c2n1CC=CCn1c(NC(=O)c2cc(C)nn2CC)nc2cc(C(N)=O)cc(OCCCN3CCN(C(=O)CCCCC(C)=O)CC3)c21. The molecule has 71 heavy (non-hydrogen) atoms. The molecule has 7 rings (SSSR count). The first kappa shape index (κ1) is 51.0. The van der Waals surface area contributed by atoms with E-state index in [1.54, 1.807) is 63.5 Å². The molecule has 1 aliphatic rings. The molecule has 5 amide bonds. The summed E-state index contributed by atoms with van der Waals surface area (Å²) in [5, 5.41) is 14.7. The number of rotatable bonds is 23. The first-order valence-corrected chi connectivity index (χ1v) is 23.8. The summed E-state index contributed by atoms with van der Waals surface area (Å²) in [6.45, 7) is 13.8. The molecule has 0 aliphatic carbocycles. The van der Waals surface area contributed by atoms with Crippen molar-refractivity contribution in [2.75, 3.05) is 57.1 Å². The highest BCUT2D eigenvalue weighted by Gasteiger charge is 2.25. The van der Waals surface area contributed by atoms with Gasteiger partial charge in [-0.2, -0.15) is 10.2 Å². The summed E-state index contributed by atoms with van der Waals surface area (Å²) in [5.74, 6) is -1.05. The molecule has 1 fully saturated rings. The number of fused-ring (bicyclic) bond motifs is 2. The molecule has 22 heteroatoms. The van der Waals surface area contributed by atoms with Crippen LogP contribution in [0.5, 0.6) is 11.5 Å². The van der Waals surface area contributed by atoms with E-state index in [1.807, 2.05) is 30.9 Å². The smallest absolute Gasteiger partial charge is 0.276 e. The number of methoxy groups -OCH3 is 1. The molecule has 376 valence electrons. The summed E-state index contributed by atoms with van der Waals surface area (Å²) in [6, 6.07) is 9.53. The van der Waals surface area contributed by atoms with E-state index in [9.17, 15) is 28.8 Å². The van der Waals surface area contributed by atoms with Gasteiger partial charge in [0.1, 0.15) is 39.7 Å². The fraction of sp³-hybridized carbons (Fsp3) is 0.429. The Morgan fingerprint density at radius 3 is 1.65 bits per heavy atom. The molecule has 0 spiro atoms. The van der Waals surface area contributed by atoms with Crippen LogP contribution in [0.2, 0.25) is 0 Å². The number of unbranched alkanes of at least 4 members (excludes halogenated alkanes) is 1. The molecule has 22 nitrogen and oxygen atoms in total. The van der Waals surface area contributed by atoms with Gasteiger partial charge >= 0.3 is 0 Å². The number of primary amides is 2. The number of aryl methyl sites for hydroxylation is 4. The molecular weight excluding hydrogens is 913 g/mol. The van der Waals surface area contributed by atoms with Crippen LogP contribution < -0.4 is 31.6 Å². The summed E-state index contributed by atoms with van der Waals surface area (Å²) in [7, 11) is 1.46. The van der Waals surface area contributed by atoms with E-state index in [-0.39, 0.29) is 54.4 Å². The van der Waals surface area contributed by atoms with Crippen LogP contribution in [0, 0.1) is 13.8 Å². The van der Waals surface area contributed by atoms with Crippen LogP contribution in [0.3, 0.4) is 0 Å². The van der Waals surface area contributed by atoms with Crippen LogP contribution in [0.1, 0.15) is 106 Å². The normalized spacial score (nSPS) is 13.1. The highest BCUT2D eigenvalue weighted by molar-refractivity contribution is 6.05. The second kappa shape index (κ2) is 22.7. The summed E-state index contributed by atoms with van der Waals surface area (Å²) in [6.07, 6.45) is 6.65. The number of ketones is 1. The molecule has 1 aliphatic heterocycles. The van der Waals surface area contributed by atoms with Crippen molar-refractivity contribution in [3.63, 3.8) is 0 Å². The second-order valence-corrected chi connectivity index (χ2v) is 17.4. The highest BCUT2D eigenvalue weighted by atomic mass is 16.5. The molecular formula is C49H62N14O8. The number of nitrogens with two attached hydrogens (primary N) is 2. The number of Topliss-reactive ketones (excluding diaryl/α,β-unsaturated/α-hetero) is 1. The van der Waals surface area contributed by atoms with E-state index in [0.29, 0.717) is 134 Å². The number of amides is 5. The van der Waals surface area contributed by atoms with E-state index < -0.39 is 23.6 Å². The van der Waals surface area contributed by atoms with Gasteiger partial charge in [0.25, 0.3) is 11.8 Å². The predicted molar refractivity (Wildman–Crippen MR) is 266 cm³/mol. The third-order valence-corrected chi connectivity index (χ3v) is 12.2. The van der Waals surface area contributed by atoms with Gasteiger partial charge in [-0.05, 0) is 90.3 Å². The lowest BCUT2D eigenvalue weighted by atomic mass is 10.1. The van der Waals surface area contributed by atoms with Gasteiger partial charge in [-0.15, -0.1) is 0 Å². The quantitative estimate of drug-likeness (QED) is 0.0511. The van der Waals surface area contributed by atoms with Crippen molar-refractivity contribution in [3.8, 4) is 11.5 Å². The van der Waals surface area contributed by atoms with Crippen LogP contribution in [-0.4, -0.2) is 130 Å². The summed E-state index contributed by atoms with van der Waals surface area (Å²) in [5.41, 5.74) is 15.5. The molecule has 1 saturated heterocycles. The number of allylic oxidation sites excluding steroid dienone is 2. The van der Waals surface area contributed by atoms with Crippen LogP contribution in [0.25, 0.3) is 22.1 Å². The number of benzene rings is 2. The molecule has 0 saturated carbocycles. The number of nitrogens with one attached hydrogen (secondary N) is 2. The Morgan fingerprint density at radius 2 is 1.17 bits per heavy atom. The standard InChI is InChI=1S/C49H62N14O8/c1-7-62-37(24-30(3)56-62)46(68)54-48-52-35-26-33(44(50)66)28-39(70-6)42(35)60(48)17-11-12-18-61-43-36(53-49(61)55-47(69)38-25-31(4)57-63(38)8-2)27-34(45(51)67)29-40(43)71-23-13-16-58-19-21-59(22-20-58)41(65)15-10-9-14-32(5)64/h11-12,24-29H,7-10,13-23H2,1-6H3,(H2,50,66)(H2,51,67)(H,52,54,68)(H,53,55,69). The Labute approximate surface area is 410 Å². The summed E-state index contributed by atoms with van der Waals surface area (Å²) >= 11 is 0. The minimum absolute atomic E-state index is 0.110. The maximum absolute atomic E-state index is 13.9. The van der Waals surface area contributed by atoms with Gasteiger partial charge in [-0.25, -0.2) is 9.97 Å². The summed E-state index contributed by atoms with van der Waals surface area (Å²) < 4.78 is 18.9. The number of carbonyl (C=O) groups is 6. The third-order valence-electron chi connectivity index (χ3n) is 12.2. The van der Waals surface area contributed by atoms with Crippen molar-refractivity contribution in [2.45, 2.75) is 92.9 Å². The third kappa shape index (κ3) is 11.9. The first-order chi connectivity index (χ1) is 34.1. The lowest BCUT2D eigenvalue weighted by Crippen LogP contribution is -2.48. The van der Waals surface area contributed by atoms with Gasteiger partial charge < -0.3 is 39.8 Å². The zero-order valence-electron chi connectivity index (χ0n) is 41.1. The van der Waals surface area contributed by atoms with Gasteiger partial charge in [-0.1, -0.05) is 12.2 Å². The molecule has 5 heterocycles. The first-order valence-electron chi connectivity index (χ1n) is 23.8. The van der Waals surface area contributed by atoms with Gasteiger partial charge in [0, 0.05) is 82.9 Å². The Hall–Kier alpha value is -7.88. The Morgan fingerprint density at radius 1 is 0.676 bits per heavy atom. The van der Waals surface area contributed by atoms with Crippen LogP contribution in [-0.2, 0) is 35.8 Å². The van der Waals surface area contributed by atoms with Gasteiger partial charge in [-0.3, -0.25) is 48.9 Å². The number of piperazine rings is 1. The zero-order valence-corrected chi connectivity index (χ0v) is 41.1. The van der Waals surface area contributed by atoms with Crippen LogP contribution in [0.4, 0.5) is 11.9 Å². The number of nitrogens with zero attached hydrogens (tertiary/aromatic N) is 10. The van der Waals surface area contributed by atoms with Crippen molar-refractivity contribution in [1.29, 1.82) is 0 Å². The molecule has 0 radical (unpaired) electrons. The van der Waals surface area contributed by atoms with E-state index in [0.717, 1.165) is 0 Å². The number of ether oxygens (including phenoxy) is 2. The highest BCUT2D eigenvalue weighted by Crippen LogP contribution is 2.33. The number of hydrogen-bond acceptors (Lipinski definition) is 13. The van der Waals surface area contributed by atoms with E-state index in [2.05, 4.69) is 25.7 Å². The largest absolute Gasteiger partial charge is 0.494 e. The molecule has 6 N–H and O–H groups in total. The average Bonchev–Trinajstić information content (AvgIpc) is 4.12. The molecule has 0 atom stereocenters. The minimum atomic E-state index is -0.687. The zero-order chi connectivity index (χ0) is 50.9. The summed E-state index contributed by atoms with van der Waals surface area (Å²) in [4.78, 5) is 90.4. The molecule has 4 aromatic heterocycles. The van der Waals surface area contributed by atoms with Crippen molar-refractivity contribution in [3.05, 3.63) is 82.5 Å². The monoisotopic (exact) mass is 974 g/mol. The Bertz CT molecular complexity index is 3010. The van der Waals surface area contributed by atoms with Crippen LogP contribution in [0.15, 0.2) is 48.6 Å². The second-order valence-electron chi connectivity index (χ2n) is 17.4. The molecule has 6 aromatic rings. The fourth-order valence-corrected chi connectivity index (χ4v) is 8.69. The molecule has 0 bridgehead atoms. The Kier molecular flexibility index (Phi) is 16.3. The number of aromatic nitrogens is 8. The lowest BCUT2D eigenvalue weighted by molar-refractivity contribution is -0.133. The van der Waals surface area contributed by atoms with Crippen molar-refractivity contribution < 1.29 is 38.2 Å². The van der Waals surface area contributed by atoms with Crippen molar-refractivity contribution in [1.82, 2.24) is 48.5 Å². The topological polar surface area (TPSA) is 275 Å². The van der Waals surface area contributed by atoms with E-state index in [1.165, 1.54) is 19.2 Å². The van der Waals surface area contributed by atoms with Gasteiger partial charge in [0.15, 0.2) is 0 Å². The number of hydrogen-bond donors (Lipinski definition) is 4. The Balaban J connectivity index is 1.16. The maximum atomic E-state index is 13.9. The number of imidazole rings is 2. The van der Waals surface area contributed by atoms with E-state index in [4.69, 9.17) is 30.9 Å². The van der Waals surface area contributed by atoms with Crippen LogP contribution >= 0.6 is 0 Å². The average molecular weight is 975 g/mol. The van der Waals surface area contributed by atoms with Gasteiger partial charge in [0.2, 0.25) is 29.6 Å². The minimum Gasteiger partial charge on any atom is -0.494 e. The molecule has 0 unspecified atom stereocenters. The maximum Gasteiger partial charge on any atom is 0.276 e. The van der Waals surface area contributed by atoms with Gasteiger partial charge in [0.05, 0.1) is 36.1 Å². The van der Waals surface area contributed by atoms with Crippen molar-refractivity contribution in [2.24, 2.45) is 11.5 Å². The predicted octanol–water partition coefficient (Wildman–Crippen LogP) is 4.47.